The average molecular weight is 196 g/mol. The van der Waals surface area contributed by atoms with E-state index in [1.807, 2.05) is 0 Å². The molecule has 0 aromatic rings. The van der Waals surface area contributed by atoms with E-state index in [4.69, 9.17) is 5.73 Å². The summed E-state index contributed by atoms with van der Waals surface area (Å²) in [5, 5.41) is 0. The highest BCUT2D eigenvalue weighted by Gasteiger charge is 2.21. The van der Waals surface area contributed by atoms with Gasteiger partial charge in [0.2, 0.25) is 0 Å². The summed E-state index contributed by atoms with van der Waals surface area (Å²) < 4.78 is 0. The summed E-state index contributed by atoms with van der Waals surface area (Å²) in [5.41, 5.74) is 7.17. The smallest absolute Gasteiger partial charge is 0.00934 e. The van der Waals surface area contributed by atoms with Gasteiger partial charge in [0.1, 0.15) is 0 Å². The molecule has 1 saturated carbocycles. The maximum atomic E-state index is 5.89. The van der Waals surface area contributed by atoms with Gasteiger partial charge in [-0.3, -0.25) is 0 Å². The maximum absolute atomic E-state index is 5.89. The van der Waals surface area contributed by atoms with Crippen molar-refractivity contribution in [1.29, 1.82) is 0 Å². The molecule has 1 aliphatic carbocycles. The van der Waals surface area contributed by atoms with Crippen LogP contribution >= 0.6 is 0 Å². The van der Waals surface area contributed by atoms with Crippen molar-refractivity contribution in [1.82, 2.24) is 4.90 Å². The second-order valence-electron chi connectivity index (χ2n) is 4.76. The number of nitrogens with zero attached hydrogens (tertiary/aromatic N) is 1. The second-order valence-corrected chi connectivity index (χ2v) is 4.76. The molecule has 0 unspecified atom stereocenters. The third kappa shape index (κ3) is 3.81. The molecule has 0 aromatic heterocycles. The first-order valence-electron chi connectivity index (χ1n) is 5.70. The van der Waals surface area contributed by atoms with E-state index in [1.165, 1.54) is 31.3 Å². The fourth-order valence-electron chi connectivity index (χ4n) is 2.09. The number of hydrogen-bond donors (Lipinski definition) is 1. The van der Waals surface area contributed by atoms with Crippen molar-refractivity contribution in [2.75, 3.05) is 13.6 Å². The lowest BCUT2D eigenvalue weighted by atomic mass is 9.91. The first-order valence-corrected chi connectivity index (χ1v) is 5.70. The van der Waals surface area contributed by atoms with Crippen molar-refractivity contribution in [2.45, 2.75) is 51.1 Å². The van der Waals surface area contributed by atoms with Gasteiger partial charge < -0.3 is 10.6 Å². The Bertz CT molecular complexity index is 181. The van der Waals surface area contributed by atoms with Gasteiger partial charge in [0, 0.05) is 18.6 Å². The van der Waals surface area contributed by atoms with Gasteiger partial charge >= 0.3 is 0 Å². The minimum atomic E-state index is 0.459. The topological polar surface area (TPSA) is 29.3 Å². The highest BCUT2D eigenvalue weighted by Crippen LogP contribution is 2.21. The van der Waals surface area contributed by atoms with Gasteiger partial charge in [0.25, 0.3) is 0 Å². The molecule has 1 rings (SSSR count). The molecule has 2 heteroatoms. The highest BCUT2D eigenvalue weighted by atomic mass is 15.1. The third-order valence-electron chi connectivity index (χ3n) is 3.26. The molecule has 82 valence electrons. The molecule has 1 fully saturated rings. The van der Waals surface area contributed by atoms with E-state index in [0.717, 1.165) is 19.0 Å². The van der Waals surface area contributed by atoms with E-state index in [2.05, 4.69) is 25.5 Å². The zero-order chi connectivity index (χ0) is 10.6. The second kappa shape index (κ2) is 5.52. The van der Waals surface area contributed by atoms with Crippen LogP contribution < -0.4 is 5.73 Å². The van der Waals surface area contributed by atoms with Gasteiger partial charge in [-0.05, 0) is 46.1 Å². The largest absolute Gasteiger partial charge is 0.328 e. The molecule has 0 aliphatic heterocycles. The van der Waals surface area contributed by atoms with Crippen LogP contribution in [-0.4, -0.2) is 30.6 Å². The van der Waals surface area contributed by atoms with Crippen LogP contribution in [-0.2, 0) is 0 Å². The molecule has 14 heavy (non-hydrogen) atoms. The van der Waals surface area contributed by atoms with E-state index in [-0.39, 0.29) is 0 Å². The van der Waals surface area contributed by atoms with Gasteiger partial charge in [-0.1, -0.05) is 5.57 Å². The van der Waals surface area contributed by atoms with Crippen LogP contribution in [0.25, 0.3) is 0 Å². The third-order valence-corrected chi connectivity index (χ3v) is 3.26. The summed E-state index contributed by atoms with van der Waals surface area (Å²) in [5.74, 6) is 0. The Kier molecular flexibility index (Phi) is 4.63. The summed E-state index contributed by atoms with van der Waals surface area (Å²) in [6.07, 6.45) is 6.06. The van der Waals surface area contributed by atoms with E-state index in [0.29, 0.717) is 6.04 Å². The molecule has 0 heterocycles. The van der Waals surface area contributed by atoms with Crippen molar-refractivity contribution in [3.05, 3.63) is 12.2 Å². The Morgan fingerprint density at radius 3 is 2.43 bits per heavy atom. The minimum absolute atomic E-state index is 0.459. The first kappa shape index (κ1) is 11.7. The fraction of sp³-hybridized carbons (Fsp3) is 0.833. The zero-order valence-electron chi connectivity index (χ0n) is 9.63. The molecule has 0 saturated heterocycles. The van der Waals surface area contributed by atoms with Gasteiger partial charge in [0.05, 0.1) is 0 Å². The summed E-state index contributed by atoms with van der Waals surface area (Å²) in [4.78, 5) is 2.47. The molecule has 0 spiro atoms. The first-order chi connectivity index (χ1) is 6.59. The quantitative estimate of drug-likeness (QED) is 0.698. The summed E-state index contributed by atoms with van der Waals surface area (Å²) in [7, 11) is 2.23. The van der Waals surface area contributed by atoms with Crippen LogP contribution in [0, 0.1) is 0 Å². The standard InChI is InChI=1S/C12H24N2/c1-10(2)8-9-14(3)12-6-4-11(13)5-7-12/h11-12H,1,4-9,13H2,2-3H3. The molecule has 2 nitrogen and oxygen atoms in total. The molecule has 0 radical (unpaired) electrons. The van der Waals surface area contributed by atoms with E-state index in [1.54, 1.807) is 0 Å². The fourth-order valence-corrected chi connectivity index (χ4v) is 2.09. The van der Waals surface area contributed by atoms with Gasteiger partial charge in [0.15, 0.2) is 0 Å². The van der Waals surface area contributed by atoms with Crippen LogP contribution in [0.2, 0.25) is 0 Å². The summed E-state index contributed by atoms with van der Waals surface area (Å²) >= 11 is 0. The minimum Gasteiger partial charge on any atom is -0.328 e. The van der Waals surface area contributed by atoms with Gasteiger partial charge in [-0.2, -0.15) is 0 Å². The molecule has 0 amide bonds. The molecule has 0 atom stereocenters. The van der Waals surface area contributed by atoms with Crippen LogP contribution in [0.1, 0.15) is 39.0 Å². The van der Waals surface area contributed by atoms with E-state index >= 15 is 0 Å². The lowest BCUT2D eigenvalue weighted by Crippen LogP contribution is -2.39. The molecular weight excluding hydrogens is 172 g/mol. The predicted octanol–water partition coefficient (Wildman–Crippen LogP) is 2.15. The van der Waals surface area contributed by atoms with Crippen molar-refractivity contribution in [2.24, 2.45) is 5.73 Å². The van der Waals surface area contributed by atoms with E-state index < -0.39 is 0 Å². The average Bonchev–Trinajstić information content (AvgIpc) is 2.15. The van der Waals surface area contributed by atoms with Crippen molar-refractivity contribution >= 4 is 0 Å². The van der Waals surface area contributed by atoms with Crippen molar-refractivity contribution in [3.63, 3.8) is 0 Å². The number of hydrogen-bond acceptors (Lipinski definition) is 2. The summed E-state index contributed by atoms with van der Waals surface area (Å²) in [6.45, 7) is 7.19. The number of nitrogens with two attached hydrogens (primary N) is 1. The highest BCUT2D eigenvalue weighted by molar-refractivity contribution is 4.89. The Labute approximate surface area is 88.2 Å². The molecular formula is C12H24N2. The monoisotopic (exact) mass is 196 g/mol. The predicted molar refractivity (Wildman–Crippen MR) is 62.3 cm³/mol. The van der Waals surface area contributed by atoms with Crippen molar-refractivity contribution in [3.8, 4) is 0 Å². The van der Waals surface area contributed by atoms with Crippen LogP contribution in [0.5, 0.6) is 0 Å². The lowest BCUT2D eigenvalue weighted by molar-refractivity contribution is 0.185. The SMILES string of the molecule is C=C(C)CCN(C)C1CCC(N)CC1. The van der Waals surface area contributed by atoms with Crippen LogP contribution in [0.15, 0.2) is 12.2 Å². The molecule has 1 aliphatic rings. The van der Waals surface area contributed by atoms with Gasteiger partial charge in [-0.15, -0.1) is 6.58 Å². The molecule has 0 aromatic carbocycles. The summed E-state index contributed by atoms with van der Waals surface area (Å²) in [6, 6.07) is 1.22. The molecule has 2 N–H and O–H groups in total. The Balaban J connectivity index is 2.23. The van der Waals surface area contributed by atoms with Gasteiger partial charge in [-0.25, -0.2) is 0 Å². The van der Waals surface area contributed by atoms with Crippen molar-refractivity contribution < 1.29 is 0 Å². The Morgan fingerprint density at radius 1 is 1.36 bits per heavy atom. The zero-order valence-corrected chi connectivity index (χ0v) is 9.63. The maximum Gasteiger partial charge on any atom is 0.00934 e. The molecule has 0 bridgehead atoms. The normalized spacial score (nSPS) is 28.0. The van der Waals surface area contributed by atoms with E-state index in [9.17, 15) is 0 Å². The van der Waals surface area contributed by atoms with Crippen LogP contribution in [0.4, 0.5) is 0 Å². The number of rotatable bonds is 4. The lowest BCUT2D eigenvalue weighted by Gasteiger charge is -2.33. The van der Waals surface area contributed by atoms with Crippen LogP contribution in [0.3, 0.4) is 0 Å². The Morgan fingerprint density at radius 2 is 1.93 bits per heavy atom. The Hall–Kier alpha value is -0.340.